The van der Waals surface area contributed by atoms with Crippen LogP contribution in [0.4, 0.5) is 23.2 Å². The largest absolute Gasteiger partial charge is 0.446 e. The summed E-state index contributed by atoms with van der Waals surface area (Å²) >= 11 is 0.971. The monoisotopic (exact) mass is 514 g/mol. The van der Waals surface area contributed by atoms with Crippen LogP contribution in [-0.4, -0.2) is 53.7 Å². The zero-order valence-corrected chi connectivity index (χ0v) is 19.7. The third kappa shape index (κ3) is 4.76. The standard InChI is InChI=1S/C22H22F4N4O2S2/c1-30-8-7-13(12(23)9-30)27-14-4-2-3-11-18(14)33-20(19(11)34-22(24,25)26)16-10-32-21(29-16)15-5-6-17(31)28-15/h2-4,10,12-13,15,27H,5-9H2,1H3,(H,28,31)/t12-,13+,15+/m0/s1. The first-order valence-electron chi connectivity index (χ1n) is 10.8. The second-order valence-corrected chi connectivity index (χ2v) is 10.6. The first-order valence-corrected chi connectivity index (χ1v) is 12.5. The maximum Gasteiger partial charge on any atom is 0.446 e. The van der Waals surface area contributed by atoms with Gasteiger partial charge in [-0.1, -0.05) is 12.1 Å². The van der Waals surface area contributed by atoms with Crippen molar-refractivity contribution in [3.8, 4) is 10.6 Å². The SMILES string of the molecule is CN1CC[C@@H](Nc2cccc3c(SC(F)(F)F)c(-c4coc([C@H]5CCC(=O)N5)n4)sc23)[C@@H](F)C1. The third-order valence-electron chi connectivity index (χ3n) is 6.02. The topological polar surface area (TPSA) is 70.4 Å². The van der Waals surface area contributed by atoms with Crippen molar-refractivity contribution < 1.29 is 26.8 Å². The number of nitrogens with zero attached hydrogens (tertiary/aromatic N) is 2. The van der Waals surface area contributed by atoms with Crippen LogP contribution in [0.15, 0.2) is 33.8 Å². The van der Waals surface area contributed by atoms with Gasteiger partial charge in [0.15, 0.2) is 0 Å². The average Bonchev–Trinajstić information content (AvgIpc) is 3.48. The molecule has 1 amide bonds. The summed E-state index contributed by atoms with van der Waals surface area (Å²) in [4.78, 5) is 18.2. The summed E-state index contributed by atoms with van der Waals surface area (Å²) in [6, 6.07) is 4.26. The molecule has 2 aliphatic heterocycles. The molecule has 2 aliphatic rings. The number of piperidine rings is 1. The first-order chi connectivity index (χ1) is 16.2. The molecule has 182 valence electrons. The number of amides is 1. The molecular weight excluding hydrogens is 492 g/mol. The van der Waals surface area contributed by atoms with E-state index in [0.717, 1.165) is 6.54 Å². The molecule has 0 aliphatic carbocycles. The van der Waals surface area contributed by atoms with E-state index in [9.17, 15) is 22.4 Å². The zero-order valence-electron chi connectivity index (χ0n) is 18.1. The number of thioether (sulfide) groups is 1. The highest BCUT2D eigenvalue weighted by Gasteiger charge is 2.35. The number of oxazole rings is 1. The van der Waals surface area contributed by atoms with Gasteiger partial charge in [0.25, 0.3) is 0 Å². The maximum absolute atomic E-state index is 14.6. The highest BCUT2D eigenvalue weighted by atomic mass is 32.2. The van der Waals surface area contributed by atoms with E-state index in [0.29, 0.717) is 46.5 Å². The zero-order chi connectivity index (χ0) is 24.0. The molecule has 2 saturated heterocycles. The van der Waals surface area contributed by atoms with Crippen LogP contribution in [0.3, 0.4) is 0 Å². The number of thiophene rings is 1. The molecule has 2 N–H and O–H groups in total. The number of rotatable bonds is 5. The number of fused-ring (bicyclic) bond motifs is 1. The van der Waals surface area contributed by atoms with E-state index in [-0.39, 0.29) is 34.1 Å². The van der Waals surface area contributed by atoms with Gasteiger partial charge in [-0.3, -0.25) is 4.79 Å². The fourth-order valence-corrected chi connectivity index (χ4v) is 6.51. The molecule has 2 aromatic heterocycles. The summed E-state index contributed by atoms with van der Waals surface area (Å²) in [7, 11) is 1.86. The average molecular weight is 515 g/mol. The van der Waals surface area contributed by atoms with E-state index in [1.165, 1.54) is 17.6 Å². The van der Waals surface area contributed by atoms with Crippen molar-refractivity contribution in [2.45, 2.75) is 47.9 Å². The number of halogens is 4. The molecule has 3 aromatic rings. The molecule has 34 heavy (non-hydrogen) atoms. The lowest BCUT2D eigenvalue weighted by Gasteiger charge is -2.33. The number of anilines is 1. The Labute approximate surface area is 201 Å². The van der Waals surface area contributed by atoms with Gasteiger partial charge < -0.3 is 20.0 Å². The van der Waals surface area contributed by atoms with Crippen LogP contribution in [0.25, 0.3) is 20.7 Å². The van der Waals surface area contributed by atoms with Gasteiger partial charge in [-0.05, 0) is 37.7 Å². The summed E-state index contributed by atoms with van der Waals surface area (Å²) in [5, 5.41) is 6.41. The Hall–Kier alpha value is -2.31. The number of hydrogen-bond acceptors (Lipinski definition) is 7. The van der Waals surface area contributed by atoms with E-state index >= 15 is 0 Å². The number of nitrogens with one attached hydrogen (secondary N) is 2. The minimum atomic E-state index is -4.50. The van der Waals surface area contributed by atoms with E-state index in [4.69, 9.17) is 4.42 Å². The quantitative estimate of drug-likeness (QED) is 0.343. The Morgan fingerprint density at radius 1 is 1.32 bits per heavy atom. The summed E-state index contributed by atoms with van der Waals surface area (Å²) in [6.45, 7) is 1.04. The van der Waals surface area contributed by atoms with Crippen LogP contribution in [0.5, 0.6) is 0 Å². The number of carbonyl (C=O) groups is 1. The van der Waals surface area contributed by atoms with Gasteiger partial charge in [0.1, 0.15) is 24.2 Å². The predicted octanol–water partition coefficient (Wildman–Crippen LogP) is 5.57. The summed E-state index contributed by atoms with van der Waals surface area (Å²) in [5.41, 5.74) is -3.63. The molecular formula is C22H22F4N4O2S2. The Balaban J connectivity index is 1.53. The van der Waals surface area contributed by atoms with Gasteiger partial charge in [0.2, 0.25) is 11.8 Å². The van der Waals surface area contributed by atoms with E-state index in [1.54, 1.807) is 18.2 Å². The Morgan fingerprint density at radius 2 is 2.15 bits per heavy atom. The van der Waals surface area contributed by atoms with E-state index in [2.05, 4.69) is 15.6 Å². The van der Waals surface area contributed by atoms with Crippen molar-refractivity contribution >= 4 is 44.8 Å². The van der Waals surface area contributed by atoms with Crippen LogP contribution in [-0.2, 0) is 4.79 Å². The molecule has 3 atom stereocenters. The van der Waals surface area contributed by atoms with Crippen LogP contribution >= 0.6 is 23.1 Å². The second kappa shape index (κ2) is 9.04. The number of alkyl halides is 4. The highest BCUT2D eigenvalue weighted by Crippen LogP contribution is 2.51. The molecule has 0 radical (unpaired) electrons. The summed E-state index contributed by atoms with van der Waals surface area (Å²) < 4.78 is 61.3. The predicted molar refractivity (Wildman–Crippen MR) is 124 cm³/mol. The summed E-state index contributed by atoms with van der Waals surface area (Å²) in [5.74, 6) is 0.155. The van der Waals surface area contributed by atoms with Crippen LogP contribution < -0.4 is 10.6 Å². The van der Waals surface area contributed by atoms with Gasteiger partial charge in [-0.25, -0.2) is 9.37 Å². The molecule has 6 nitrogen and oxygen atoms in total. The van der Waals surface area contributed by atoms with Gasteiger partial charge in [0.05, 0.1) is 21.3 Å². The van der Waals surface area contributed by atoms with Crippen LogP contribution in [0, 0.1) is 0 Å². The molecule has 2 fully saturated rings. The number of benzene rings is 1. The van der Waals surface area contributed by atoms with Crippen LogP contribution in [0.1, 0.15) is 31.2 Å². The maximum atomic E-state index is 14.6. The van der Waals surface area contributed by atoms with Crippen molar-refractivity contribution in [3.63, 3.8) is 0 Å². The fraction of sp³-hybridized carbons (Fsp3) is 0.455. The van der Waals surface area contributed by atoms with Crippen molar-refractivity contribution in [1.29, 1.82) is 0 Å². The number of carbonyl (C=O) groups excluding carboxylic acids is 1. The van der Waals surface area contributed by atoms with Gasteiger partial charge in [-0.15, -0.1) is 11.3 Å². The highest BCUT2D eigenvalue weighted by molar-refractivity contribution is 8.00. The number of aromatic nitrogens is 1. The first kappa shape index (κ1) is 23.4. The normalized spacial score (nSPS) is 24.0. The minimum absolute atomic E-state index is 0.0339. The summed E-state index contributed by atoms with van der Waals surface area (Å²) in [6.07, 6.45) is 1.70. The second-order valence-electron chi connectivity index (χ2n) is 8.54. The molecule has 5 rings (SSSR count). The number of likely N-dealkylation sites (tertiary alicyclic amines) is 1. The minimum Gasteiger partial charge on any atom is -0.446 e. The molecule has 0 unspecified atom stereocenters. The smallest absolute Gasteiger partial charge is 0.446 e. The molecule has 0 bridgehead atoms. The lowest BCUT2D eigenvalue weighted by molar-refractivity contribution is -0.119. The lowest BCUT2D eigenvalue weighted by Crippen LogP contribution is -2.46. The van der Waals surface area contributed by atoms with Gasteiger partial charge in [0, 0.05) is 29.8 Å². The van der Waals surface area contributed by atoms with Crippen LogP contribution in [0.2, 0.25) is 0 Å². The van der Waals surface area contributed by atoms with Gasteiger partial charge >= 0.3 is 5.51 Å². The molecule has 0 spiro atoms. The van der Waals surface area contributed by atoms with E-state index in [1.807, 2.05) is 11.9 Å². The molecule has 1 aromatic carbocycles. The molecule has 12 heteroatoms. The Morgan fingerprint density at radius 3 is 2.85 bits per heavy atom. The van der Waals surface area contributed by atoms with E-state index < -0.39 is 23.8 Å². The Kier molecular flexibility index (Phi) is 6.23. The van der Waals surface area contributed by atoms with Crippen molar-refractivity contribution in [2.75, 3.05) is 25.5 Å². The molecule has 4 heterocycles. The number of hydrogen-bond donors (Lipinski definition) is 2. The van der Waals surface area contributed by atoms with Crippen molar-refractivity contribution in [1.82, 2.24) is 15.2 Å². The Bertz CT molecular complexity index is 1210. The third-order valence-corrected chi connectivity index (χ3v) is 8.27. The lowest BCUT2D eigenvalue weighted by atomic mass is 10.0. The van der Waals surface area contributed by atoms with Gasteiger partial charge in [-0.2, -0.15) is 13.2 Å². The van der Waals surface area contributed by atoms with Crippen molar-refractivity contribution in [3.05, 3.63) is 30.4 Å². The molecule has 0 saturated carbocycles. The van der Waals surface area contributed by atoms with Crippen molar-refractivity contribution in [2.24, 2.45) is 0 Å². The fourth-order valence-electron chi connectivity index (χ4n) is 4.37.